The maximum atomic E-state index is 13.3. The number of anilines is 1. The van der Waals surface area contributed by atoms with Crippen molar-refractivity contribution in [1.29, 1.82) is 0 Å². The number of thiazole rings is 1. The SMILES string of the molecule is COc1ccc(NC(=O)c2csc(C3CCN(C(=O)c4ccccc4C(F)(F)F)CC3)n2)cc1Cl. The summed E-state index contributed by atoms with van der Waals surface area (Å²) in [6, 6.07) is 9.71. The van der Waals surface area contributed by atoms with Gasteiger partial charge in [0.1, 0.15) is 11.4 Å². The van der Waals surface area contributed by atoms with Gasteiger partial charge in [0.2, 0.25) is 0 Å². The smallest absolute Gasteiger partial charge is 0.417 e. The Hall–Kier alpha value is -3.11. The van der Waals surface area contributed by atoms with Crippen molar-refractivity contribution in [1.82, 2.24) is 9.88 Å². The second-order valence-corrected chi connectivity index (χ2v) is 9.28. The lowest BCUT2D eigenvalue weighted by atomic mass is 9.96. The van der Waals surface area contributed by atoms with Gasteiger partial charge in [0.15, 0.2) is 0 Å². The van der Waals surface area contributed by atoms with Gasteiger partial charge >= 0.3 is 6.18 Å². The molecular weight excluding hydrogens is 503 g/mol. The summed E-state index contributed by atoms with van der Waals surface area (Å²) in [5.41, 5.74) is -0.512. The van der Waals surface area contributed by atoms with Gasteiger partial charge in [-0.1, -0.05) is 23.7 Å². The number of benzene rings is 2. The van der Waals surface area contributed by atoms with E-state index in [0.717, 1.165) is 11.1 Å². The number of carbonyl (C=O) groups is 2. The molecule has 2 heterocycles. The summed E-state index contributed by atoms with van der Waals surface area (Å²) in [6.45, 7) is 0.613. The van der Waals surface area contributed by atoms with Crippen LogP contribution in [0.1, 0.15) is 50.2 Å². The van der Waals surface area contributed by atoms with Crippen molar-refractivity contribution in [3.63, 3.8) is 0 Å². The lowest BCUT2D eigenvalue weighted by Crippen LogP contribution is -2.38. The molecule has 0 unspecified atom stereocenters. The van der Waals surface area contributed by atoms with E-state index in [1.54, 1.807) is 23.6 Å². The van der Waals surface area contributed by atoms with Crippen LogP contribution in [0.3, 0.4) is 0 Å². The Morgan fingerprint density at radius 3 is 2.54 bits per heavy atom. The van der Waals surface area contributed by atoms with Gasteiger partial charge in [-0.25, -0.2) is 4.98 Å². The third kappa shape index (κ3) is 5.59. The topological polar surface area (TPSA) is 71.5 Å². The average molecular weight is 524 g/mol. The predicted molar refractivity (Wildman–Crippen MR) is 127 cm³/mol. The highest BCUT2D eigenvalue weighted by Gasteiger charge is 2.36. The molecule has 0 atom stereocenters. The van der Waals surface area contributed by atoms with Crippen LogP contribution in [0.2, 0.25) is 5.02 Å². The molecule has 3 aromatic rings. The van der Waals surface area contributed by atoms with Crippen molar-refractivity contribution in [2.75, 3.05) is 25.5 Å². The Kier molecular flexibility index (Phi) is 7.32. The Morgan fingerprint density at radius 1 is 1.17 bits per heavy atom. The molecule has 1 fully saturated rings. The van der Waals surface area contributed by atoms with E-state index in [9.17, 15) is 22.8 Å². The van der Waals surface area contributed by atoms with Crippen LogP contribution in [0.5, 0.6) is 5.75 Å². The molecule has 0 spiro atoms. The number of carbonyl (C=O) groups excluding carboxylic acids is 2. The number of hydrogen-bond donors (Lipinski definition) is 1. The number of amides is 2. The van der Waals surface area contributed by atoms with Crippen molar-refractivity contribution in [2.24, 2.45) is 0 Å². The Balaban J connectivity index is 1.38. The molecule has 1 aliphatic rings. The van der Waals surface area contributed by atoms with E-state index in [-0.39, 0.29) is 23.1 Å². The normalized spacial score (nSPS) is 14.6. The minimum absolute atomic E-state index is 0.0129. The fraction of sp³-hybridized carbons (Fsp3) is 0.292. The van der Waals surface area contributed by atoms with E-state index in [1.165, 1.54) is 41.5 Å². The third-order valence-corrected chi connectivity index (χ3v) is 7.06. The number of nitrogens with one attached hydrogen (secondary N) is 1. The zero-order valence-electron chi connectivity index (χ0n) is 18.6. The number of aromatic nitrogens is 1. The number of methoxy groups -OCH3 is 1. The molecule has 0 saturated carbocycles. The predicted octanol–water partition coefficient (Wildman–Crippen LogP) is 6.10. The highest BCUT2D eigenvalue weighted by atomic mass is 35.5. The maximum Gasteiger partial charge on any atom is 0.417 e. The molecule has 0 radical (unpaired) electrons. The lowest BCUT2D eigenvalue weighted by Gasteiger charge is -2.31. The van der Waals surface area contributed by atoms with Crippen molar-refractivity contribution in [2.45, 2.75) is 24.9 Å². The van der Waals surface area contributed by atoms with E-state index < -0.39 is 17.6 Å². The van der Waals surface area contributed by atoms with Gasteiger partial charge in [0.25, 0.3) is 11.8 Å². The Morgan fingerprint density at radius 2 is 1.89 bits per heavy atom. The summed E-state index contributed by atoms with van der Waals surface area (Å²) >= 11 is 7.44. The summed E-state index contributed by atoms with van der Waals surface area (Å²) in [5, 5.41) is 5.52. The number of halogens is 4. The number of nitrogens with zero attached hydrogens (tertiary/aromatic N) is 2. The standard InChI is InChI=1S/C24H21ClF3N3O3S/c1-34-20-7-6-15(12-18(20)25)29-21(32)19-13-35-22(30-19)14-8-10-31(11-9-14)23(33)16-4-2-3-5-17(16)24(26,27)28/h2-7,12-14H,8-11H2,1H3,(H,29,32). The van der Waals surface area contributed by atoms with Gasteiger partial charge in [-0.3, -0.25) is 9.59 Å². The largest absolute Gasteiger partial charge is 0.495 e. The summed E-state index contributed by atoms with van der Waals surface area (Å²) in [4.78, 5) is 31.3. The fourth-order valence-corrected chi connectivity index (χ4v) is 5.16. The second kappa shape index (κ2) is 10.2. The van der Waals surface area contributed by atoms with E-state index in [4.69, 9.17) is 16.3 Å². The highest BCUT2D eigenvalue weighted by molar-refractivity contribution is 7.10. The van der Waals surface area contributed by atoms with Crippen molar-refractivity contribution in [3.05, 3.63) is 74.7 Å². The summed E-state index contributed by atoms with van der Waals surface area (Å²) in [7, 11) is 1.50. The number of ether oxygens (including phenoxy) is 1. The van der Waals surface area contributed by atoms with E-state index in [2.05, 4.69) is 10.3 Å². The number of rotatable bonds is 5. The number of piperidine rings is 1. The summed E-state index contributed by atoms with van der Waals surface area (Å²) in [5.74, 6) is -0.509. The van der Waals surface area contributed by atoms with Crippen LogP contribution in [0.4, 0.5) is 18.9 Å². The second-order valence-electron chi connectivity index (χ2n) is 7.98. The van der Waals surface area contributed by atoms with Gasteiger partial charge in [-0.2, -0.15) is 13.2 Å². The minimum Gasteiger partial charge on any atom is -0.495 e. The molecule has 0 aliphatic carbocycles. The molecular formula is C24H21ClF3N3O3S. The van der Waals surface area contributed by atoms with Gasteiger partial charge in [0, 0.05) is 30.1 Å². The minimum atomic E-state index is -4.60. The maximum absolute atomic E-state index is 13.3. The molecule has 4 rings (SSSR count). The first-order valence-electron chi connectivity index (χ1n) is 10.7. The molecule has 35 heavy (non-hydrogen) atoms. The van der Waals surface area contributed by atoms with Gasteiger partial charge in [-0.15, -0.1) is 11.3 Å². The molecule has 1 aromatic heterocycles. The Labute approximate surface area is 208 Å². The van der Waals surface area contributed by atoms with Gasteiger partial charge in [-0.05, 0) is 43.2 Å². The quantitative estimate of drug-likeness (QED) is 0.439. The van der Waals surface area contributed by atoms with E-state index >= 15 is 0 Å². The lowest BCUT2D eigenvalue weighted by molar-refractivity contribution is -0.138. The molecule has 1 N–H and O–H groups in total. The first kappa shape index (κ1) is 25.0. The first-order valence-corrected chi connectivity index (χ1v) is 12.0. The zero-order valence-corrected chi connectivity index (χ0v) is 20.1. The molecule has 2 amide bonds. The van der Waals surface area contributed by atoms with Gasteiger partial charge < -0.3 is 15.0 Å². The monoisotopic (exact) mass is 523 g/mol. The highest BCUT2D eigenvalue weighted by Crippen LogP contribution is 2.35. The molecule has 2 aromatic carbocycles. The summed E-state index contributed by atoms with van der Waals surface area (Å²) < 4.78 is 45.0. The van der Waals surface area contributed by atoms with Crippen LogP contribution >= 0.6 is 22.9 Å². The third-order valence-electron chi connectivity index (χ3n) is 5.76. The number of likely N-dealkylation sites (tertiary alicyclic amines) is 1. The molecule has 11 heteroatoms. The van der Waals surface area contributed by atoms with Gasteiger partial charge in [0.05, 0.1) is 28.3 Å². The number of alkyl halides is 3. The van der Waals surface area contributed by atoms with Crippen LogP contribution < -0.4 is 10.1 Å². The van der Waals surface area contributed by atoms with Crippen molar-refractivity contribution >= 4 is 40.4 Å². The summed E-state index contributed by atoms with van der Waals surface area (Å²) in [6.07, 6.45) is -3.51. The zero-order chi connectivity index (χ0) is 25.2. The van der Waals surface area contributed by atoms with Crippen LogP contribution in [-0.4, -0.2) is 41.9 Å². The average Bonchev–Trinajstić information content (AvgIpc) is 3.34. The van der Waals surface area contributed by atoms with Crippen molar-refractivity contribution in [3.8, 4) is 5.75 Å². The Bertz CT molecular complexity index is 1240. The molecule has 1 saturated heterocycles. The van der Waals surface area contributed by atoms with Crippen LogP contribution in [0.15, 0.2) is 47.8 Å². The van der Waals surface area contributed by atoms with Crippen LogP contribution in [0, 0.1) is 0 Å². The molecule has 184 valence electrons. The fourth-order valence-electron chi connectivity index (χ4n) is 3.94. The van der Waals surface area contributed by atoms with Crippen molar-refractivity contribution < 1.29 is 27.5 Å². The number of hydrogen-bond acceptors (Lipinski definition) is 5. The van der Waals surface area contributed by atoms with Crippen LogP contribution in [0.25, 0.3) is 0 Å². The van der Waals surface area contributed by atoms with E-state index in [0.29, 0.717) is 42.4 Å². The molecule has 1 aliphatic heterocycles. The molecule has 6 nitrogen and oxygen atoms in total. The van der Waals surface area contributed by atoms with E-state index in [1.807, 2.05) is 0 Å². The first-order chi connectivity index (χ1) is 16.7. The molecule has 0 bridgehead atoms. The van der Waals surface area contributed by atoms with Crippen LogP contribution in [-0.2, 0) is 6.18 Å².